The molecule has 0 bridgehead atoms. The Kier molecular flexibility index (Phi) is 5.17. The topological polar surface area (TPSA) is 57.6 Å². The number of nitrogens with zero attached hydrogens (tertiary/aromatic N) is 1. The summed E-state index contributed by atoms with van der Waals surface area (Å²) in [6, 6.07) is 7.56. The van der Waals surface area contributed by atoms with Crippen LogP contribution in [0.3, 0.4) is 0 Å². The van der Waals surface area contributed by atoms with E-state index in [2.05, 4.69) is 0 Å². The third-order valence-corrected chi connectivity index (χ3v) is 5.93. The van der Waals surface area contributed by atoms with Gasteiger partial charge in [0.1, 0.15) is 0 Å². The van der Waals surface area contributed by atoms with Gasteiger partial charge < -0.3 is 10.0 Å². The van der Waals surface area contributed by atoms with E-state index in [-0.39, 0.29) is 17.7 Å². The molecule has 6 heteroatoms. The first-order chi connectivity index (χ1) is 11.0. The van der Waals surface area contributed by atoms with Gasteiger partial charge in [0, 0.05) is 35.2 Å². The zero-order valence-corrected chi connectivity index (χ0v) is 14.4. The predicted octanol–water partition coefficient (Wildman–Crippen LogP) is 3.39. The first-order valence-corrected chi connectivity index (χ1v) is 9.30. The fourth-order valence-electron chi connectivity index (χ4n) is 3.24. The number of halogens is 1. The maximum atomic E-state index is 12.3. The fourth-order valence-corrected chi connectivity index (χ4v) is 4.21. The Morgan fingerprint density at radius 3 is 2.52 bits per heavy atom. The van der Waals surface area contributed by atoms with Crippen molar-refractivity contribution in [1.29, 1.82) is 0 Å². The van der Waals surface area contributed by atoms with Crippen molar-refractivity contribution < 1.29 is 14.7 Å². The van der Waals surface area contributed by atoms with Crippen molar-refractivity contribution in [2.24, 2.45) is 17.8 Å². The Bertz CT molecular complexity index is 588. The lowest BCUT2D eigenvalue weighted by atomic mass is 9.92. The molecule has 1 N–H and O–H groups in total. The van der Waals surface area contributed by atoms with Gasteiger partial charge in [-0.25, -0.2) is 0 Å². The molecule has 1 aliphatic carbocycles. The molecule has 1 aromatic carbocycles. The van der Waals surface area contributed by atoms with E-state index < -0.39 is 5.97 Å². The minimum Gasteiger partial charge on any atom is -0.481 e. The SMILES string of the molecule is O=C(O)[C@H]1CN(C(=O)CCSc2ccc(Cl)cc2)C[C@@H]1C1CC1. The summed E-state index contributed by atoms with van der Waals surface area (Å²) >= 11 is 7.47. The highest BCUT2D eigenvalue weighted by Crippen LogP contribution is 2.44. The predicted molar refractivity (Wildman–Crippen MR) is 90.7 cm³/mol. The third-order valence-electron chi connectivity index (χ3n) is 4.66. The number of carboxylic acid groups (broad SMARTS) is 1. The molecule has 1 saturated carbocycles. The lowest BCUT2D eigenvalue weighted by Gasteiger charge is -2.16. The van der Waals surface area contributed by atoms with Gasteiger partial charge in [-0.15, -0.1) is 11.8 Å². The molecule has 0 unspecified atom stereocenters. The smallest absolute Gasteiger partial charge is 0.308 e. The van der Waals surface area contributed by atoms with Crippen LogP contribution in [0.1, 0.15) is 19.3 Å². The van der Waals surface area contributed by atoms with Crippen molar-refractivity contribution in [1.82, 2.24) is 4.90 Å². The summed E-state index contributed by atoms with van der Waals surface area (Å²) in [6.45, 7) is 0.993. The first kappa shape index (κ1) is 16.7. The standard InChI is InChI=1S/C17H20ClNO3S/c18-12-3-5-13(6-4-12)23-8-7-16(20)19-9-14(11-1-2-11)15(10-19)17(21)22/h3-6,11,14-15H,1-2,7-10H2,(H,21,22)/t14-,15+/m1/s1. The Morgan fingerprint density at radius 2 is 1.91 bits per heavy atom. The number of aliphatic carboxylic acids is 1. The summed E-state index contributed by atoms with van der Waals surface area (Å²) in [5, 5.41) is 10.1. The van der Waals surface area contributed by atoms with E-state index >= 15 is 0 Å². The van der Waals surface area contributed by atoms with Crippen LogP contribution in [0.15, 0.2) is 29.2 Å². The van der Waals surface area contributed by atoms with Crippen molar-refractivity contribution >= 4 is 35.2 Å². The van der Waals surface area contributed by atoms with Crippen molar-refractivity contribution in [3.63, 3.8) is 0 Å². The van der Waals surface area contributed by atoms with Gasteiger partial charge >= 0.3 is 5.97 Å². The number of amides is 1. The summed E-state index contributed by atoms with van der Waals surface area (Å²) in [4.78, 5) is 26.6. The number of hydrogen-bond acceptors (Lipinski definition) is 3. The lowest BCUT2D eigenvalue weighted by molar-refractivity contribution is -0.142. The van der Waals surface area contributed by atoms with Gasteiger partial charge in [-0.1, -0.05) is 11.6 Å². The number of carboxylic acids is 1. The molecule has 0 radical (unpaired) electrons. The molecule has 2 atom stereocenters. The zero-order chi connectivity index (χ0) is 16.4. The van der Waals surface area contributed by atoms with E-state index in [1.54, 1.807) is 16.7 Å². The van der Waals surface area contributed by atoms with Gasteiger partial charge in [0.2, 0.25) is 5.91 Å². The first-order valence-electron chi connectivity index (χ1n) is 7.93. The lowest BCUT2D eigenvalue weighted by Crippen LogP contribution is -2.30. The Labute approximate surface area is 145 Å². The molecular weight excluding hydrogens is 334 g/mol. The van der Waals surface area contributed by atoms with Crippen molar-refractivity contribution in [2.45, 2.75) is 24.2 Å². The number of thioether (sulfide) groups is 1. The number of carbonyl (C=O) groups is 2. The quantitative estimate of drug-likeness (QED) is 0.796. The summed E-state index contributed by atoms with van der Waals surface area (Å²) < 4.78 is 0. The number of benzene rings is 1. The van der Waals surface area contributed by atoms with Crippen molar-refractivity contribution in [3.8, 4) is 0 Å². The van der Waals surface area contributed by atoms with E-state index in [1.165, 1.54) is 0 Å². The van der Waals surface area contributed by atoms with Crippen molar-refractivity contribution in [2.75, 3.05) is 18.8 Å². The maximum absolute atomic E-state index is 12.3. The Morgan fingerprint density at radius 1 is 1.22 bits per heavy atom. The average Bonchev–Trinajstić information content (AvgIpc) is 3.27. The van der Waals surface area contributed by atoms with E-state index in [0.717, 1.165) is 17.7 Å². The summed E-state index contributed by atoms with van der Waals surface area (Å²) in [7, 11) is 0. The number of carbonyl (C=O) groups excluding carboxylic acids is 1. The minimum absolute atomic E-state index is 0.0702. The molecular formula is C17H20ClNO3S. The molecule has 2 aliphatic rings. The number of hydrogen-bond donors (Lipinski definition) is 1. The zero-order valence-electron chi connectivity index (χ0n) is 12.8. The highest BCUT2D eigenvalue weighted by molar-refractivity contribution is 7.99. The van der Waals surface area contributed by atoms with E-state index in [4.69, 9.17) is 11.6 Å². The molecule has 3 rings (SSSR count). The molecule has 1 heterocycles. The second-order valence-electron chi connectivity index (χ2n) is 6.30. The molecule has 1 aliphatic heterocycles. The summed E-state index contributed by atoms with van der Waals surface area (Å²) in [5.74, 6) is 0.296. The molecule has 0 spiro atoms. The van der Waals surface area contributed by atoms with Crippen LogP contribution >= 0.6 is 23.4 Å². The monoisotopic (exact) mass is 353 g/mol. The van der Waals surface area contributed by atoms with Crippen LogP contribution in [-0.2, 0) is 9.59 Å². The fraction of sp³-hybridized carbons (Fsp3) is 0.529. The molecule has 2 fully saturated rings. The van der Waals surface area contributed by atoms with Gasteiger partial charge in [-0.05, 0) is 48.9 Å². The second kappa shape index (κ2) is 7.14. The molecule has 1 aromatic rings. The van der Waals surface area contributed by atoms with Gasteiger partial charge in [0.25, 0.3) is 0 Å². The van der Waals surface area contributed by atoms with Crippen LogP contribution in [0.5, 0.6) is 0 Å². The molecule has 23 heavy (non-hydrogen) atoms. The van der Waals surface area contributed by atoms with Gasteiger partial charge in [0.15, 0.2) is 0 Å². The van der Waals surface area contributed by atoms with Crippen LogP contribution in [0.4, 0.5) is 0 Å². The van der Waals surface area contributed by atoms with Crippen LogP contribution in [0, 0.1) is 17.8 Å². The van der Waals surface area contributed by atoms with E-state index in [1.807, 2.05) is 24.3 Å². The van der Waals surface area contributed by atoms with Crippen molar-refractivity contribution in [3.05, 3.63) is 29.3 Å². The van der Waals surface area contributed by atoms with Crippen LogP contribution < -0.4 is 0 Å². The van der Waals surface area contributed by atoms with Crippen LogP contribution in [0.2, 0.25) is 5.02 Å². The molecule has 1 saturated heterocycles. The summed E-state index contributed by atoms with van der Waals surface area (Å²) in [6.07, 6.45) is 2.67. The molecule has 124 valence electrons. The molecule has 0 aromatic heterocycles. The van der Waals surface area contributed by atoms with Gasteiger partial charge in [-0.2, -0.15) is 0 Å². The largest absolute Gasteiger partial charge is 0.481 e. The van der Waals surface area contributed by atoms with Gasteiger partial charge in [-0.3, -0.25) is 9.59 Å². The second-order valence-corrected chi connectivity index (χ2v) is 7.90. The summed E-state index contributed by atoms with van der Waals surface area (Å²) in [5.41, 5.74) is 0. The van der Waals surface area contributed by atoms with Crippen LogP contribution in [0.25, 0.3) is 0 Å². The Balaban J connectivity index is 1.48. The highest BCUT2D eigenvalue weighted by atomic mass is 35.5. The number of likely N-dealkylation sites (tertiary alicyclic amines) is 1. The minimum atomic E-state index is -0.757. The molecule has 4 nitrogen and oxygen atoms in total. The number of rotatable bonds is 6. The Hall–Kier alpha value is -1.20. The highest BCUT2D eigenvalue weighted by Gasteiger charge is 2.46. The molecule has 1 amide bonds. The normalized spacial score (nSPS) is 24.0. The van der Waals surface area contributed by atoms with Gasteiger partial charge in [0.05, 0.1) is 5.92 Å². The average molecular weight is 354 g/mol. The van der Waals surface area contributed by atoms with E-state index in [9.17, 15) is 14.7 Å². The van der Waals surface area contributed by atoms with E-state index in [0.29, 0.717) is 36.2 Å². The maximum Gasteiger partial charge on any atom is 0.308 e. The van der Waals surface area contributed by atoms with Crippen LogP contribution in [-0.4, -0.2) is 40.7 Å². The third kappa shape index (κ3) is 4.21.